The molecule has 27 heavy (non-hydrogen) atoms. The van der Waals surface area contributed by atoms with Gasteiger partial charge in [0.2, 0.25) is 0 Å². The molecule has 0 aromatic heterocycles. The van der Waals surface area contributed by atoms with Crippen LogP contribution in [0.4, 0.5) is 0 Å². The number of rotatable bonds is 7. The number of carbonyl (C=O) groups is 1. The fourth-order valence-corrected chi connectivity index (χ4v) is 3.12. The molecule has 142 valence electrons. The molecule has 5 heteroatoms. The number of hydrogen-bond acceptors (Lipinski definition) is 5. The van der Waals surface area contributed by atoms with Crippen molar-refractivity contribution in [1.29, 1.82) is 0 Å². The van der Waals surface area contributed by atoms with Crippen LogP contribution in [0, 0.1) is 0 Å². The highest BCUT2D eigenvalue weighted by Crippen LogP contribution is 2.36. The predicted octanol–water partition coefficient (Wildman–Crippen LogP) is 4.32. The van der Waals surface area contributed by atoms with Gasteiger partial charge in [-0.1, -0.05) is 0 Å². The quantitative estimate of drug-likeness (QED) is 0.538. The lowest BCUT2D eigenvalue weighted by atomic mass is 10.0. The van der Waals surface area contributed by atoms with E-state index < -0.39 is 0 Å². The first-order valence-corrected chi connectivity index (χ1v) is 8.96. The maximum atomic E-state index is 12.6. The molecule has 0 bridgehead atoms. The minimum absolute atomic E-state index is 0.131. The molecule has 2 aromatic carbocycles. The van der Waals surface area contributed by atoms with Crippen molar-refractivity contribution in [2.45, 2.75) is 26.4 Å². The molecular formula is C22H24O5. The predicted molar refractivity (Wildman–Crippen MR) is 104 cm³/mol. The number of ether oxygens (including phenoxy) is 4. The number of fused-ring (bicyclic) bond motifs is 1. The van der Waals surface area contributed by atoms with Crippen LogP contribution in [0.3, 0.4) is 0 Å². The van der Waals surface area contributed by atoms with Crippen molar-refractivity contribution in [1.82, 2.24) is 0 Å². The number of ketones is 1. The first kappa shape index (κ1) is 18.8. The van der Waals surface area contributed by atoms with Gasteiger partial charge in [0.25, 0.3) is 0 Å². The Morgan fingerprint density at radius 1 is 1.15 bits per heavy atom. The molecular weight excluding hydrogens is 344 g/mol. The molecule has 0 radical (unpaired) electrons. The Kier molecular flexibility index (Phi) is 5.69. The van der Waals surface area contributed by atoms with Crippen LogP contribution in [0.1, 0.15) is 35.3 Å². The Balaban J connectivity index is 1.87. The standard InChI is InChI=1S/C22H24O5/c1-5-26-20-13-17-10-14(2)27-21(17)12-16(20)6-8-18(23)15-7-9-19(24-3)22(11-15)25-4/h6-9,11-14H,5,10H2,1-4H3. The fraction of sp³-hybridized carbons (Fsp3) is 0.318. The highest BCUT2D eigenvalue weighted by molar-refractivity contribution is 6.07. The lowest BCUT2D eigenvalue weighted by Crippen LogP contribution is -2.05. The molecule has 0 N–H and O–H groups in total. The third-order valence-corrected chi connectivity index (χ3v) is 4.41. The van der Waals surface area contributed by atoms with Gasteiger partial charge in [-0.2, -0.15) is 0 Å². The highest BCUT2D eigenvalue weighted by atomic mass is 16.5. The van der Waals surface area contributed by atoms with Crippen molar-refractivity contribution in [2.24, 2.45) is 0 Å². The summed E-state index contributed by atoms with van der Waals surface area (Å²) in [7, 11) is 3.10. The number of benzene rings is 2. The average molecular weight is 368 g/mol. The first-order chi connectivity index (χ1) is 13.0. The van der Waals surface area contributed by atoms with E-state index in [1.54, 1.807) is 38.5 Å². The summed E-state index contributed by atoms with van der Waals surface area (Å²) < 4.78 is 22.0. The topological polar surface area (TPSA) is 54.0 Å². The van der Waals surface area contributed by atoms with E-state index in [0.29, 0.717) is 23.7 Å². The number of hydrogen-bond donors (Lipinski definition) is 0. The number of carbonyl (C=O) groups excluding carboxylic acids is 1. The molecule has 0 aliphatic carbocycles. The number of methoxy groups -OCH3 is 2. The normalized spacial score (nSPS) is 15.3. The Morgan fingerprint density at radius 3 is 2.63 bits per heavy atom. The van der Waals surface area contributed by atoms with E-state index >= 15 is 0 Å². The monoisotopic (exact) mass is 368 g/mol. The summed E-state index contributed by atoms with van der Waals surface area (Å²) in [6.07, 6.45) is 4.31. The van der Waals surface area contributed by atoms with Crippen LogP contribution in [-0.4, -0.2) is 32.7 Å². The first-order valence-electron chi connectivity index (χ1n) is 8.96. The lowest BCUT2D eigenvalue weighted by Gasteiger charge is -2.10. The summed E-state index contributed by atoms with van der Waals surface area (Å²) in [6.45, 7) is 4.53. The summed E-state index contributed by atoms with van der Waals surface area (Å²) in [5.41, 5.74) is 2.47. The van der Waals surface area contributed by atoms with Crippen LogP contribution in [0.25, 0.3) is 6.08 Å². The summed E-state index contributed by atoms with van der Waals surface area (Å²) in [5.74, 6) is 2.58. The highest BCUT2D eigenvalue weighted by Gasteiger charge is 2.21. The van der Waals surface area contributed by atoms with E-state index in [1.807, 2.05) is 26.0 Å². The van der Waals surface area contributed by atoms with Gasteiger partial charge >= 0.3 is 0 Å². The van der Waals surface area contributed by atoms with Gasteiger partial charge in [0.15, 0.2) is 17.3 Å². The van der Waals surface area contributed by atoms with Crippen molar-refractivity contribution in [3.63, 3.8) is 0 Å². The van der Waals surface area contributed by atoms with Crippen molar-refractivity contribution in [3.8, 4) is 23.0 Å². The van der Waals surface area contributed by atoms with Crippen LogP contribution >= 0.6 is 0 Å². The third-order valence-electron chi connectivity index (χ3n) is 4.41. The van der Waals surface area contributed by atoms with Gasteiger partial charge in [0, 0.05) is 23.1 Å². The van der Waals surface area contributed by atoms with Crippen LogP contribution < -0.4 is 18.9 Å². The molecule has 1 unspecified atom stereocenters. The van der Waals surface area contributed by atoms with Crippen molar-refractivity contribution < 1.29 is 23.7 Å². The zero-order valence-corrected chi connectivity index (χ0v) is 16.1. The maximum Gasteiger partial charge on any atom is 0.185 e. The van der Waals surface area contributed by atoms with Crippen LogP contribution in [-0.2, 0) is 6.42 Å². The second-order valence-electron chi connectivity index (χ2n) is 6.33. The van der Waals surface area contributed by atoms with Gasteiger partial charge < -0.3 is 18.9 Å². The minimum atomic E-state index is -0.131. The fourth-order valence-electron chi connectivity index (χ4n) is 3.12. The third kappa shape index (κ3) is 4.08. The molecule has 0 amide bonds. The zero-order chi connectivity index (χ0) is 19.4. The van der Waals surface area contributed by atoms with Gasteiger partial charge in [-0.05, 0) is 56.3 Å². The van der Waals surface area contributed by atoms with E-state index in [2.05, 4.69) is 0 Å². The van der Waals surface area contributed by atoms with E-state index in [0.717, 1.165) is 29.0 Å². The Labute approximate surface area is 159 Å². The molecule has 1 aliphatic rings. The second kappa shape index (κ2) is 8.16. The second-order valence-corrected chi connectivity index (χ2v) is 6.33. The summed E-state index contributed by atoms with van der Waals surface area (Å²) in [6, 6.07) is 9.04. The molecule has 2 aromatic rings. The van der Waals surface area contributed by atoms with Crippen LogP contribution in [0.2, 0.25) is 0 Å². The van der Waals surface area contributed by atoms with E-state index in [-0.39, 0.29) is 11.9 Å². The zero-order valence-electron chi connectivity index (χ0n) is 16.1. The lowest BCUT2D eigenvalue weighted by molar-refractivity contribution is 0.104. The molecule has 0 spiro atoms. The molecule has 1 aliphatic heterocycles. The maximum absolute atomic E-state index is 12.6. The van der Waals surface area contributed by atoms with Crippen molar-refractivity contribution in [2.75, 3.05) is 20.8 Å². The van der Waals surface area contributed by atoms with E-state index in [1.165, 1.54) is 6.08 Å². The van der Waals surface area contributed by atoms with Gasteiger partial charge in [0.05, 0.1) is 20.8 Å². The SMILES string of the molecule is CCOc1cc2c(cc1C=CC(=O)c1ccc(OC)c(OC)c1)OC(C)C2. The molecule has 1 atom stereocenters. The minimum Gasteiger partial charge on any atom is -0.493 e. The smallest absolute Gasteiger partial charge is 0.185 e. The summed E-state index contributed by atoms with van der Waals surface area (Å²) in [4.78, 5) is 12.6. The van der Waals surface area contributed by atoms with Gasteiger partial charge in [0.1, 0.15) is 17.6 Å². The molecule has 0 saturated heterocycles. The Hall–Kier alpha value is -2.95. The van der Waals surface area contributed by atoms with Crippen LogP contribution in [0.5, 0.6) is 23.0 Å². The largest absolute Gasteiger partial charge is 0.493 e. The Bertz CT molecular complexity index is 869. The van der Waals surface area contributed by atoms with Gasteiger partial charge in [-0.3, -0.25) is 4.79 Å². The van der Waals surface area contributed by atoms with Crippen molar-refractivity contribution >= 4 is 11.9 Å². The van der Waals surface area contributed by atoms with Gasteiger partial charge in [-0.15, -0.1) is 0 Å². The van der Waals surface area contributed by atoms with E-state index in [4.69, 9.17) is 18.9 Å². The summed E-state index contributed by atoms with van der Waals surface area (Å²) in [5, 5.41) is 0. The average Bonchev–Trinajstić information content (AvgIpc) is 3.04. The molecule has 1 heterocycles. The summed E-state index contributed by atoms with van der Waals surface area (Å²) >= 11 is 0. The molecule has 5 nitrogen and oxygen atoms in total. The van der Waals surface area contributed by atoms with Crippen LogP contribution in [0.15, 0.2) is 36.4 Å². The molecule has 3 rings (SSSR count). The Morgan fingerprint density at radius 2 is 1.93 bits per heavy atom. The molecule has 0 fully saturated rings. The van der Waals surface area contributed by atoms with Crippen molar-refractivity contribution in [3.05, 3.63) is 53.1 Å². The number of allylic oxidation sites excluding steroid dienone is 1. The molecule has 0 saturated carbocycles. The van der Waals surface area contributed by atoms with E-state index in [9.17, 15) is 4.79 Å². The van der Waals surface area contributed by atoms with Gasteiger partial charge in [-0.25, -0.2) is 0 Å².